The Kier molecular flexibility index (Phi) is 6.65. The summed E-state index contributed by atoms with van der Waals surface area (Å²) in [4.78, 5) is 24.5. The maximum atomic E-state index is 12.0. The average Bonchev–Trinajstić information content (AvgIpc) is 2.36. The van der Waals surface area contributed by atoms with Gasteiger partial charge in [-0.3, -0.25) is 4.79 Å². The summed E-state index contributed by atoms with van der Waals surface area (Å²) in [5, 5.41) is 12.2. The maximum Gasteiger partial charge on any atom is 0.317 e. The SMILES string of the molecule is CC1CN(C(=O)NCCC(C)(C)CCC(=O)O)CCS1. The highest BCUT2D eigenvalue weighted by Crippen LogP contribution is 2.26. The van der Waals surface area contributed by atoms with Crippen molar-refractivity contribution in [2.45, 2.75) is 45.3 Å². The zero-order chi connectivity index (χ0) is 15.2. The van der Waals surface area contributed by atoms with Crippen LogP contribution in [0.2, 0.25) is 0 Å². The van der Waals surface area contributed by atoms with Gasteiger partial charge in [-0.15, -0.1) is 0 Å². The molecule has 0 aliphatic carbocycles. The summed E-state index contributed by atoms with van der Waals surface area (Å²) in [6, 6.07) is 0.00573. The van der Waals surface area contributed by atoms with E-state index in [1.54, 1.807) is 0 Å². The number of carboxylic acid groups (broad SMARTS) is 1. The Morgan fingerprint density at radius 2 is 2.10 bits per heavy atom. The van der Waals surface area contributed by atoms with Gasteiger partial charge in [-0.05, 0) is 18.3 Å². The van der Waals surface area contributed by atoms with Crippen LogP contribution >= 0.6 is 11.8 Å². The van der Waals surface area contributed by atoms with Crippen LogP contribution in [0.25, 0.3) is 0 Å². The molecule has 0 bridgehead atoms. The minimum Gasteiger partial charge on any atom is -0.481 e. The van der Waals surface area contributed by atoms with Crippen LogP contribution in [0.1, 0.15) is 40.0 Å². The molecule has 0 spiro atoms. The van der Waals surface area contributed by atoms with Gasteiger partial charge in [-0.1, -0.05) is 20.8 Å². The lowest BCUT2D eigenvalue weighted by atomic mass is 9.84. The lowest BCUT2D eigenvalue weighted by Crippen LogP contribution is -2.47. The smallest absolute Gasteiger partial charge is 0.317 e. The maximum absolute atomic E-state index is 12.0. The van der Waals surface area contributed by atoms with Gasteiger partial charge in [0, 0.05) is 37.1 Å². The molecule has 1 atom stereocenters. The summed E-state index contributed by atoms with van der Waals surface area (Å²) in [6.07, 6.45) is 1.61. The molecule has 1 fully saturated rings. The second kappa shape index (κ2) is 7.76. The first kappa shape index (κ1) is 17.1. The first-order valence-electron chi connectivity index (χ1n) is 7.16. The molecule has 1 aliphatic rings. The number of carboxylic acids is 1. The van der Waals surface area contributed by atoms with Crippen molar-refractivity contribution >= 4 is 23.8 Å². The quantitative estimate of drug-likeness (QED) is 0.790. The molecule has 0 aromatic heterocycles. The Hall–Kier alpha value is -0.910. The highest BCUT2D eigenvalue weighted by atomic mass is 32.2. The van der Waals surface area contributed by atoms with Crippen molar-refractivity contribution in [1.82, 2.24) is 10.2 Å². The van der Waals surface area contributed by atoms with Crippen molar-refractivity contribution in [3.05, 3.63) is 0 Å². The number of hydrogen-bond acceptors (Lipinski definition) is 3. The molecule has 116 valence electrons. The third kappa shape index (κ3) is 6.50. The van der Waals surface area contributed by atoms with Gasteiger partial charge < -0.3 is 15.3 Å². The number of carbonyl (C=O) groups excluding carboxylic acids is 1. The van der Waals surface area contributed by atoms with E-state index in [-0.39, 0.29) is 17.9 Å². The van der Waals surface area contributed by atoms with E-state index in [0.717, 1.165) is 25.3 Å². The molecule has 0 radical (unpaired) electrons. The predicted octanol–water partition coefficient (Wildman–Crippen LogP) is 2.41. The van der Waals surface area contributed by atoms with E-state index in [4.69, 9.17) is 5.11 Å². The lowest BCUT2D eigenvalue weighted by Gasteiger charge is -2.31. The van der Waals surface area contributed by atoms with E-state index < -0.39 is 5.97 Å². The Balaban J connectivity index is 2.25. The Labute approximate surface area is 125 Å². The summed E-state index contributed by atoms with van der Waals surface area (Å²) in [7, 11) is 0. The molecule has 0 aromatic rings. The minimum absolute atomic E-state index is 0.00573. The van der Waals surface area contributed by atoms with Gasteiger partial charge in [0.2, 0.25) is 0 Å². The molecule has 6 heteroatoms. The number of aliphatic carboxylic acids is 1. The van der Waals surface area contributed by atoms with Crippen LogP contribution in [-0.2, 0) is 4.79 Å². The number of hydrogen-bond donors (Lipinski definition) is 2. The van der Waals surface area contributed by atoms with Crippen LogP contribution < -0.4 is 5.32 Å². The molecular formula is C14H26N2O3S. The summed E-state index contributed by atoms with van der Waals surface area (Å²) >= 11 is 1.90. The third-order valence-electron chi connectivity index (χ3n) is 3.62. The van der Waals surface area contributed by atoms with E-state index >= 15 is 0 Å². The Morgan fingerprint density at radius 1 is 1.40 bits per heavy atom. The van der Waals surface area contributed by atoms with E-state index in [1.807, 2.05) is 30.5 Å². The number of carbonyl (C=O) groups is 2. The van der Waals surface area contributed by atoms with Crippen molar-refractivity contribution in [2.24, 2.45) is 5.41 Å². The van der Waals surface area contributed by atoms with Crippen molar-refractivity contribution in [2.75, 3.05) is 25.4 Å². The molecule has 1 aliphatic heterocycles. The minimum atomic E-state index is -0.762. The van der Waals surface area contributed by atoms with Gasteiger partial charge in [0.1, 0.15) is 0 Å². The fourth-order valence-electron chi connectivity index (χ4n) is 2.19. The zero-order valence-corrected chi connectivity index (χ0v) is 13.5. The fraction of sp³-hybridized carbons (Fsp3) is 0.857. The summed E-state index contributed by atoms with van der Waals surface area (Å²) < 4.78 is 0. The monoisotopic (exact) mass is 302 g/mol. The normalized spacial score (nSPS) is 19.8. The number of rotatable bonds is 6. The average molecular weight is 302 g/mol. The van der Waals surface area contributed by atoms with Gasteiger partial charge in [-0.2, -0.15) is 11.8 Å². The molecule has 5 nitrogen and oxygen atoms in total. The van der Waals surface area contributed by atoms with E-state index in [1.165, 1.54) is 0 Å². The van der Waals surface area contributed by atoms with E-state index in [2.05, 4.69) is 12.2 Å². The molecule has 1 saturated heterocycles. The molecule has 1 rings (SSSR count). The second-order valence-electron chi connectivity index (χ2n) is 6.17. The van der Waals surface area contributed by atoms with Crippen LogP contribution in [0.15, 0.2) is 0 Å². The Bertz CT molecular complexity index is 347. The lowest BCUT2D eigenvalue weighted by molar-refractivity contribution is -0.137. The van der Waals surface area contributed by atoms with Gasteiger partial charge >= 0.3 is 12.0 Å². The molecular weight excluding hydrogens is 276 g/mol. The van der Waals surface area contributed by atoms with Crippen molar-refractivity contribution < 1.29 is 14.7 Å². The third-order valence-corrected chi connectivity index (χ3v) is 4.76. The molecule has 1 heterocycles. The van der Waals surface area contributed by atoms with Crippen LogP contribution in [-0.4, -0.2) is 52.6 Å². The predicted molar refractivity (Wildman–Crippen MR) is 82.2 cm³/mol. The van der Waals surface area contributed by atoms with Crippen molar-refractivity contribution in [1.29, 1.82) is 0 Å². The number of nitrogens with one attached hydrogen (secondary N) is 1. The number of nitrogens with zero attached hydrogens (tertiary/aromatic N) is 1. The summed E-state index contributed by atoms with van der Waals surface area (Å²) in [5.41, 5.74) is -0.0588. The van der Waals surface area contributed by atoms with Crippen LogP contribution in [0.4, 0.5) is 4.79 Å². The van der Waals surface area contributed by atoms with Crippen LogP contribution in [0.3, 0.4) is 0 Å². The van der Waals surface area contributed by atoms with E-state index in [0.29, 0.717) is 18.2 Å². The fourth-order valence-corrected chi connectivity index (χ4v) is 3.21. The molecule has 20 heavy (non-hydrogen) atoms. The van der Waals surface area contributed by atoms with Gasteiger partial charge in [0.15, 0.2) is 0 Å². The zero-order valence-electron chi connectivity index (χ0n) is 12.6. The molecule has 2 amide bonds. The molecule has 0 aromatic carbocycles. The first-order chi connectivity index (χ1) is 9.30. The first-order valence-corrected chi connectivity index (χ1v) is 8.21. The topological polar surface area (TPSA) is 69.6 Å². The van der Waals surface area contributed by atoms with E-state index in [9.17, 15) is 9.59 Å². The number of thioether (sulfide) groups is 1. The second-order valence-corrected chi connectivity index (χ2v) is 7.71. The highest BCUT2D eigenvalue weighted by molar-refractivity contribution is 7.99. The summed E-state index contributed by atoms with van der Waals surface area (Å²) in [6.45, 7) is 8.44. The highest BCUT2D eigenvalue weighted by Gasteiger charge is 2.22. The van der Waals surface area contributed by atoms with Crippen LogP contribution in [0, 0.1) is 5.41 Å². The molecule has 0 saturated carbocycles. The van der Waals surface area contributed by atoms with Gasteiger partial charge in [-0.25, -0.2) is 4.79 Å². The Morgan fingerprint density at radius 3 is 2.70 bits per heavy atom. The molecule has 2 N–H and O–H groups in total. The van der Waals surface area contributed by atoms with Crippen molar-refractivity contribution in [3.63, 3.8) is 0 Å². The number of amides is 2. The standard InChI is InChI=1S/C14H26N2O3S/c1-11-10-16(8-9-20-11)13(19)15-7-6-14(2,3)5-4-12(17)18/h11H,4-10H2,1-3H3,(H,15,19)(H,17,18). The van der Waals surface area contributed by atoms with Gasteiger partial charge in [0.05, 0.1) is 0 Å². The van der Waals surface area contributed by atoms with Crippen molar-refractivity contribution in [3.8, 4) is 0 Å². The summed E-state index contributed by atoms with van der Waals surface area (Å²) in [5.74, 6) is 0.237. The van der Waals surface area contributed by atoms with Crippen LogP contribution in [0.5, 0.6) is 0 Å². The largest absolute Gasteiger partial charge is 0.481 e. The number of urea groups is 1. The van der Waals surface area contributed by atoms with Gasteiger partial charge in [0.25, 0.3) is 0 Å². The molecule has 1 unspecified atom stereocenters.